The smallest absolute Gasteiger partial charge is 0.370 e. The molecule has 0 saturated heterocycles. The number of benzene rings is 1. The van der Waals surface area contributed by atoms with Crippen LogP contribution < -0.4 is 4.74 Å². The van der Waals surface area contributed by atoms with Crippen molar-refractivity contribution in [1.82, 2.24) is 0 Å². The number of rotatable bonds is 7. The summed E-state index contributed by atoms with van der Waals surface area (Å²) in [4.78, 5) is 10.8. The summed E-state index contributed by atoms with van der Waals surface area (Å²) in [5, 5.41) is 18.3. The Bertz CT molecular complexity index is 465. The third-order valence-corrected chi connectivity index (χ3v) is 2.52. The molecule has 1 rings (SSSR count). The molecule has 0 aromatic heterocycles. The summed E-state index contributed by atoms with van der Waals surface area (Å²) in [5.74, 6) is -0.606. The molecule has 0 aliphatic carbocycles. The van der Waals surface area contributed by atoms with Gasteiger partial charge in [0.25, 0.3) is 0 Å². The van der Waals surface area contributed by atoms with E-state index in [-0.39, 0.29) is 11.5 Å². The van der Waals surface area contributed by atoms with Crippen LogP contribution in [0.25, 0.3) is 0 Å². The van der Waals surface area contributed by atoms with Gasteiger partial charge < -0.3 is 19.7 Å². The first kappa shape index (κ1) is 14.9. The summed E-state index contributed by atoms with van der Waals surface area (Å²) in [6, 6.07) is 5.05. The average Bonchev–Trinajstić information content (AvgIpc) is 2.39. The van der Waals surface area contributed by atoms with Crippen molar-refractivity contribution in [1.29, 1.82) is 0 Å². The van der Waals surface area contributed by atoms with E-state index in [1.165, 1.54) is 7.11 Å². The number of allylic oxidation sites excluding steroid dienone is 1. The standard InChI is InChI=1S/C14H18O5/c1-3-19-12(14(16)17)6-4-5-10-7-8-11(15)13(9-10)18-2/h6-9,15H,3-5H2,1-2H3,(H,16,17)/b12-6-. The molecule has 0 fully saturated rings. The van der Waals surface area contributed by atoms with Crippen molar-refractivity contribution >= 4 is 5.97 Å². The van der Waals surface area contributed by atoms with Crippen LogP contribution in [0.1, 0.15) is 18.9 Å². The van der Waals surface area contributed by atoms with Crippen LogP contribution in [0.5, 0.6) is 11.5 Å². The van der Waals surface area contributed by atoms with Crippen molar-refractivity contribution in [2.45, 2.75) is 19.8 Å². The number of phenols is 1. The number of aryl methyl sites for hydroxylation is 1. The Morgan fingerprint density at radius 2 is 2.16 bits per heavy atom. The number of carboxylic acid groups (broad SMARTS) is 1. The molecule has 0 radical (unpaired) electrons. The predicted octanol–water partition coefficient (Wildman–Crippen LogP) is 2.34. The number of methoxy groups -OCH3 is 1. The molecule has 0 bridgehead atoms. The first-order valence-electron chi connectivity index (χ1n) is 6.00. The largest absolute Gasteiger partial charge is 0.504 e. The van der Waals surface area contributed by atoms with Gasteiger partial charge in [0.15, 0.2) is 17.3 Å². The quantitative estimate of drug-likeness (QED) is 0.585. The van der Waals surface area contributed by atoms with Crippen LogP contribution in [-0.2, 0) is 16.0 Å². The summed E-state index contributed by atoms with van der Waals surface area (Å²) < 4.78 is 10.0. The van der Waals surface area contributed by atoms with Crippen molar-refractivity contribution in [2.24, 2.45) is 0 Å². The minimum Gasteiger partial charge on any atom is -0.504 e. The van der Waals surface area contributed by atoms with Gasteiger partial charge in [-0.1, -0.05) is 6.07 Å². The highest BCUT2D eigenvalue weighted by atomic mass is 16.5. The van der Waals surface area contributed by atoms with E-state index in [1.807, 2.05) is 0 Å². The molecular weight excluding hydrogens is 248 g/mol. The summed E-state index contributed by atoms with van der Waals surface area (Å²) in [7, 11) is 1.48. The summed E-state index contributed by atoms with van der Waals surface area (Å²) >= 11 is 0. The third kappa shape index (κ3) is 4.54. The highest BCUT2D eigenvalue weighted by Gasteiger charge is 2.07. The van der Waals surface area contributed by atoms with Gasteiger partial charge in [0.05, 0.1) is 13.7 Å². The molecule has 0 heterocycles. The maximum absolute atomic E-state index is 10.8. The highest BCUT2D eigenvalue weighted by molar-refractivity contribution is 5.84. The van der Waals surface area contributed by atoms with E-state index in [9.17, 15) is 9.90 Å². The lowest BCUT2D eigenvalue weighted by atomic mass is 10.1. The minimum atomic E-state index is -1.06. The molecule has 5 nitrogen and oxygen atoms in total. The average molecular weight is 266 g/mol. The molecule has 2 N–H and O–H groups in total. The Morgan fingerprint density at radius 1 is 1.42 bits per heavy atom. The van der Waals surface area contributed by atoms with Crippen molar-refractivity contribution in [3.63, 3.8) is 0 Å². The Balaban J connectivity index is 2.66. The van der Waals surface area contributed by atoms with Crippen LogP contribution in [0.15, 0.2) is 30.0 Å². The first-order chi connectivity index (χ1) is 9.08. The number of carbonyl (C=O) groups is 1. The number of aromatic hydroxyl groups is 1. The van der Waals surface area contributed by atoms with Gasteiger partial charge in [-0.05, 0) is 43.5 Å². The van der Waals surface area contributed by atoms with Gasteiger partial charge in [0.2, 0.25) is 0 Å². The maximum Gasteiger partial charge on any atom is 0.370 e. The van der Waals surface area contributed by atoms with E-state index in [1.54, 1.807) is 31.2 Å². The number of ether oxygens (including phenoxy) is 2. The van der Waals surface area contributed by atoms with Gasteiger partial charge in [-0.25, -0.2) is 4.79 Å². The normalized spacial score (nSPS) is 11.2. The van der Waals surface area contributed by atoms with E-state index in [4.69, 9.17) is 14.6 Å². The minimum absolute atomic E-state index is 0.0340. The van der Waals surface area contributed by atoms with Crippen LogP contribution in [0.3, 0.4) is 0 Å². The predicted molar refractivity (Wildman–Crippen MR) is 70.3 cm³/mol. The van der Waals surface area contributed by atoms with Crippen LogP contribution in [0.2, 0.25) is 0 Å². The Kier molecular flexibility index (Phi) is 5.73. The topological polar surface area (TPSA) is 76.0 Å². The van der Waals surface area contributed by atoms with Gasteiger partial charge in [-0.3, -0.25) is 0 Å². The van der Waals surface area contributed by atoms with Crippen molar-refractivity contribution in [3.05, 3.63) is 35.6 Å². The Labute approximate surface area is 112 Å². The van der Waals surface area contributed by atoms with E-state index in [0.717, 1.165) is 5.56 Å². The van der Waals surface area contributed by atoms with E-state index in [2.05, 4.69) is 0 Å². The zero-order chi connectivity index (χ0) is 14.3. The van der Waals surface area contributed by atoms with E-state index < -0.39 is 5.97 Å². The maximum atomic E-state index is 10.8. The van der Waals surface area contributed by atoms with E-state index in [0.29, 0.717) is 25.2 Å². The number of aliphatic carboxylic acids is 1. The number of carboxylic acids is 1. The van der Waals surface area contributed by atoms with Crippen LogP contribution in [-0.4, -0.2) is 29.9 Å². The summed E-state index contributed by atoms with van der Waals surface area (Å²) in [5.41, 5.74) is 0.951. The SMILES string of the molecule is CCO/C(=C\CCc1ccc(O)c(OC)c1)C(=O)O. The number of hydrogen-bond donors (Lipinski definition) is 2. The van der Waals surface area contributed by atoms with Gasteiger partial charge in [-0.2, -0.15) is 0 Å². The molecule has 0 aliphatic rings. The first-order valence-corrected chi connectivity index (χ1v) is 6.00. The third-order valence-electron chi connectivity index (χ3n) is 2.52. The summed E-state index contributed by atoms with van der Waals surface area (Å²) in [6.45, 7) is 2.06. The fraction of sp³-hybridized carbons (Fsp3) is 0.357. The van der Waals surface area contributed by atoms with Crippen LogP contribution in [0, 0.1) is 0 Å². The molecule has 0 amide bonds. The van der Waals surface area contributed by atoms with Crippen LogP contribution in [0.4, 0.5) is 0 Å². The van der Waals surface area contributed by atoms with Crippen molar-refractivity contribution in [2.75, 3.05) is 13.7 Å². The van der Waals surface area contributed by atoms with E-state index >= 15 is 0 Å². The summed E-state index contributed by atoms with van der Waals surface area (Å²) in [6.07, 6.45) is 2.72. The van der Waals surface area contributed by atoms with Gasteiger partial charge in [0, 0.05) is 0 Å². The number of phenolic OH excluding ortho intramolecular Hbond substituents is 1. The number of hydrogen-bond acceptors (Lipinski definition) is 4. The molecule has 1 aromatic carbocycles. The van der Waals surface area contributed by atoms with Gasteiger partial charge in [-0.15, -0.1) is 0 Å². The molecule has 1 aromatic rings. The monoisotopic (exact) mass is 266 g/mol. The second-order valence-corrected chi connectivity index (χ2v) is 3.85. The Morgan fingerprint density at radius 3 is 2.74 bits per heavy atom. The lowest BCUT2D eigenvalue weighted by Gasteiger charge is -2.06. The van der Waals surface area contributed by atoms with Crippen LogP contribution >= 0.6 is 0 Å². The molecule has 0 spiro atoms. The fourth-order valence-electron chi connectivity index (χ4n) is 1.61. The highest BCUT2D eigenvalue weighted by Crippen LogP contribution is 2.26. The Hall–Kier alpha value is -2.17. The van der Waals surface area contributed by atoms with Gasteiger partial charge >= 0.3 is 5.97 Å². The molecular formula is C14H18O5. The second kappa shape index (κ2) is 7.31. The second-order valence-electron chi connectivity index (χ2n) is 3.85. The molecule has 0 unspecified atom stereocenters. The molecule has 0 saturated carbocycles. The molecule has 5 heteroatoms. The molecule has 0 atom stereocenters. The molecule has 19 heavy (non-hydrogen) atoms. The fourth-order valence-corrected chi connectivity index (χ4v) is 1.61. The zero-order valence-electron chi connectivity index (χ0n) is 11.0. The molecule has 0 aliphatic heterocycles. The van der Waals surface area contributed by atoms with Crippen molar-refractivity contribution in [3.8, 4) is 11.5 Å². The van der Waals surface area contributed by atoms with Crippen molar-refractivity contribution < 1.29 is 24.5 Å². The van der Waals surface area contributed by atoms with Gasteiger partial charge in [0.1, 0.15) is 0 Å². The lowest BCUT2D eigenvalue weighted by molar-refractivity contribution is -0.136. The zero-order valence-corrected chi connectivity index (χ0v) is 11.0. The lowest BCUT2D eigenvalue weighted by Crippen LogP contribution is -2.05. The molecule has 104 valence electrons.